The summed E-state index contributed by atoms with van der Waals surface area (Å²) in [5.41, 5.74) is 0. The molecule has 0 bridgehead atoms. The van der Waals surface area contributed by atoms with Crippen molar-refractivity contribution in [2.75, 3.05) is 12.9 Å². The van der Waals surface area contributed by atoms with Crippen LogP contribution in [0.25, 0.3) is 0 Å². The Bertz CT molecular complexity index is 244. The molecule has 0 aromatic rings. The summed E-state index contributed by atoms with van der Waals surface area (Å²) in [5.74, 6) is 0.0494. The minimum Gasteiger partial charge on any atom is -0.468 e. The Morgan fingerprint density at radius 2 is 2.29 bits per heavy atom. The lowest BCUT2D eigenvalue weighted by Crippen LogP contribution is -2.57. The van der Waals surface area contributed by atoms with Gasteiger partial charge < -0.3 is 4.74 Å². The van der Waals surface area contributed by atoms with E-state index in [2.05, 4.69) is 10.1 Å². The van der Waals surface area contributed by atoms with Crippen molar-refractivity contribution < 1.29 is 13.7 Å². The van der Waals surface area contributed by atoms with E-state index in [-0.39, 0.29) is 17.3 Å². The van der Waals surface area contributed by atoms with Gasteiger partial charge in [0.1, 0.15) is 6.04 Å². The molecule has 1 aliphatic rings. The normalized spacial score (nSPS) is 37.9. The summed E-state index contributed by atoms with van der Waals surface area (Å²) in [6.07, 6.45) is 0.875. The molecule has 0 aromatic carbocycles. The molecule has 4 nitrogen and oxygen atoms in total. The molecule has 0 aliphatic carbocycles. The van der Waals surface area contributed by atoms with Gasteiger partial charge in [0.25, 0.3) is 0 Å². The molecule has 4 atom stereocenters. The lowest BCUT2D eigenvalue weighted by Gasteiger charge is -2.33. The third-order valence-corrected chi connectivity index (χ3v) is 4.47. The first-order valence-electron chi connectivity index (χ1n) is 4.81. The maximum Gasteiger partial charge on any atom is 0.323 e. The van der Waals surface area contributed by atoms with E-state index in [1.54, 1.807) is 0 Å². The van der Waals surface area contributed by atoms with Crippen molar-refractivity contribution in [3.8, 4) is 0 Å². The Morgan fingerprint density at radius 3 is 2.79 bits per heavy atom. The standard InChI is InChI=1S/C9H17NO3S/c1-4-7-6(2)14(12)5-8(10-7)9(11)13-3/h6-8,10H,4-5H2,1-3H3. The zero-order valence-corrected chi connectivity index (χ0v) is 9.60. The number of carbonyl (C=O) groups excluding carboxylic acids is 1. The fourth-order valence-electron chi connectivity index (χ4n) is 1.67. The molecule has 82 valence electrons. The monoisotopic (exact) mass is 219 g/mol. The van der Waals surface area contributed by atoms with E-state index in [9.17, 15) is 9.00 Å². The van der Waals surface area contributed by atoms with Crippen LogP contribution in [0.5, 0.6) is 0 Å². The summed E-state index contributed by atoms with van der Waals surface area (Å²) in [4.78, 5) is 11.3. The molecule has 4 unspecified atom stereocenters. The van der Waals surface area contributed by atoms with Crippen molar-refractivity contribution >= 4 is 16.8 Å². The average Bonchev–Trinajstić information content (AvgIpc) is 2.20. The maximum atomic E-state index is 11.7. The molecule has 1 fully saturated rings. The highest BCUT2D eigenvalue weighted by molar-refractivity contribution is 7.85. The predicted octanol–water partition coefficient (Wildman–Crippen LogP) is 0.0470. The van der Waals surface area contributed by atoms with Gasteiger partial charge in [-0.2, -0.15) is 0 Å². The number of nitrogens with one attached hydrogen (secondary N) is 1. The average molecular weight is 219 g/mol. The van der Waals surface area contributed by atoms with Crippen LogP contribution < -0.4 is 5.32 Å². The lowest BCUT2D eigenvalue weighted by molar-refractivity contribution is -0.142. The Kier molecular flexibility index (Phi) is 4.07. The zero-order chi connectivity index (χ0) is 10.7. The molecule has 0 aromatic heterocycles. The van der Waals surface area contributed by atoms with Crippen molar-refractivity contribution in [2.45, 2.75) is 37.6 Å². The first-order valence-corrected chi connectivity index (χ1v) is 6.19. The molecule has 1 saturated heterocycles. The Labute approximate surface area is 86.9 Å². The fraction of sp³-hybridized carbons (Fsp3) is 0.889. The molecule has 0 spiro atoms. The lowest BCUT2D eigenvalue weighted by atomic mass is 10.1. The number of ether oxygens (including phenoxy) is 1. The van der Waals surface area contributed by atoms with Crippen LogP contribution in [-0.4, -0.2) is 40.4 Å². The molecule has 5 heteroatoms. The van der Waals surface area contributed by atoms with E-state index in [1.807, 2.05) is 13.8 Å². The van der Waals surface area contributed by atoms with Gasteiger partial charge in [-0.1, -0.05) is 6.92 Å². The highest BCUT2D eigenvalue weighted by Crippen LogP contribution is 2.14. The second-order valence-corrected chi connectivity index (χ2v) is 5.35. The third kappa shape index (κ3) is 2.33. The Balaban J connectivity index is 2.67. The molecular weight excluding hydrogens is 202 g/mol. The quantitative estimate of drug-likeness (QED) is 0.667. The summed E-state index contributed by atoms with van der Waals surface area (Å²) in [5, 5.41) is 3.28. The van der Waals surface area contributed by atoms with Crippen molar-refractivity contribution in [3.05, 3.63) is 0 Å². The molecule has 0 amide bonds. The van der Waals surface area contributed by atoms with Crippen LogP contribution in [-0.2, 0) is 20.3 Å². The third-order valence-electron chi connectivity index (χ3n) is 2.65. The van der Waals surface area contributed by atoms with Gasteiger partial charge in [0.2, 0.25) is 0 Å². The van der Waals surface area contributed by atoms with E-state index in [0.29, 0.717) is 5.75 Å². The number of hydrogen-bond donors (Lipinski definition) is 1. The number of esters is 1. The summed E-state index contributed by atoms with van der Waals surface area (Å²) in [6, 6.07) is -0.254. The Morgan fingerprint density at radius 1 is 1.64 bits per heavy atom. The van der Waals surface area contributed by atoms with Gasteiger partial charge >= 0.3 is 5.97 Å². The van der Waals surface area contributed by atoms with E-state index in [4.69, 9.17) is 0 Å². The smallest absolute Gasteiger partial charge is 0.323 e. The topological polar surface area (TPSA) is 55.4 Å². The van der Waals surface area contributed by atoms with Crippen LogP contribution in [0.4, 0.5) is 0 Å². The molecule has 1 rings (SSSR count). The highest BCUT2D eigenvalue weighted by atomic mass is 32.2. The molecule has 1 N–H and O–H groups in total. The first kappa shape index (κ1) is 11.7. The van der Waals surface area contributed by atoms with Crippen molar-refractivity contribution in [1.82, 2.24) is 5.32 Å². The minimum absolute atomic E-state index is 0.112. The van der Waals surface area contributed by atoms with Crippen LogP contribution in [0.15, 0.2) is 0 Å². The zero-order valence-electron chi connectivity index (χ0n) is 8.78. The number of rotatable bonds is 2. The van der Waals surface area contributed by atoms with Crippen molar-refractivity contribution in [1.29, 1.82) is 0 Å². The fourth-order valence-corrected chi connectivity index (χ4v) is 3.17. The van der Waals surface area contributed by atoms with Crippen LogP contribution in [0.1, 0.15) is 20.3 Å². The minimum atomic E-state index is -0.930. The summed E-state index contributed by atoms with van der Waals surface area (Å²) < 4.78 is 16.3. The number of carbonyl (C=O) groups is 1. The van der Waals surface area contributed by atoms with Crippen molar-refractivity contribution in [2.24, 2.45) is 0 Å². The molecule has 0 saturated carbocycles. The molecular formula is C9H17NO3S. The van der Waals surface area contributed by atoms with Crippen molar-refractivity contribution in [3.63, 3.8) is 0 Å². The van der Waals surface area contributed by atoms with Gasteiger partial charge in [-0.25, -0.2) is 0 Å². The molecule has 1 aliphatic heterocycles. The molecule has 1 heterocycles. The van der Waals surface area contributed by atoms with E-state index in [0.717, 1.165) is 6.42 Å². The van der Waals surface area contributed by atoms with Gasteiger partial charge in [0.15, 0.2) is 0 Å². The van der Waals surface area contributed by atoms with Gasteiger partial charge in [-0.3, -0.25) is 14.3 Å². The van der Waals surface area contributed by atoms with Crippen LogP contribution in [0.2, 0.25) is 0 Å². The van der Waals surface area contributed by atoms with Crippen LogP contribution >= 0.6 is 0 Å². The van der Waals surface area contributed by atoms with Crippen LogP contribution in [0, 0.1) is 0 Å². The molecule has 14 heavy (non-hydrogen) atoms. The SMILES string of the molecule is CCC1NC(C(=O)OC)CS(=O)C1C. The van der Waals surface area contributed by atoms with Gasteiger partial charge in [-0.05, 0) is 13.3 Å². The van der Waals surface area contributed by atoms with E-state index < -0.39 is 16.8 Å². The predicted molar refractivity (Wildman–Crippen MR) is 55.5 cm³/mol. The number of methoxy groups -OCH3 is 1. The maximum absolute atomic E-state index is 11.7. The summed E-state index contributed by atoms with van der Waals surface area (Å²) in [7, 11) is 0.423. The summed E-state index contributed by atoms with van der Waals surface area (Å²) in [6.45, 7) is 3.97. The highest BCUT2D eigenvalue weighted by Gasteiger charge is 2.35. The van der Waals surface area contributed by atoms with E-state index in [1.165, 1.54) is 7.11 Å². The van der Waals surface area contributed by atoms with Crippen LogP contribution in [0.3, 0.4) is 0 Å². The van der Waals surface area contributed by atoms with E-state index >= 15 is 0 Å². The first-order chi connectivity index (χ1) is 6.60. The second kappa shape index (κ2) is 4.89. The molecule has 0 radical (unpaired) electrons. The van der Waals surface area contributed by atoms with Gasteiger partial charge in [0.05, 0.1) is 7.11 Å². The second-order valence-electron chi connectivity index (χ2n) is 3.51. The Hall–Kier alpha value is -0.420. The summed E-state index contributed by atoms with van der Waals surface area (Å²) >= 11 is 0. The largest absolute Gasteiger partial charge is 0.468 e. The van der Waals surface area contributed by atoms with Gasteiger partial charge in [0, 0.05) is 27.8 Å². The number of hydrogen-bond acceptors (Lipinski definition) is 4. The van der Waals surface area contributed by atoms with Gasteiger partial charge in [-0.15, -0.1) is 0 Å².